The fraction of sp³-hybridized carbons (Fsp3) is 0.667. The van der Waals surface area contributed by atoms with Gasteiger partial charge in [-0.05, 0) is 84.1 Å². The molecule has 2 nitrogen and oxygen atoms in total. The predicted molar refractivity (Wildman–Crippen MR) is 90.7 cm³/mol. The summed E-state index contributed by atoms with van der Waals surface area (Å²) in [6.07, 6.45) is 5.78. The highest BCUT2D eigenvalue weighted by atomic mass is 79.9. The largest absolute Gasteiger partial charge is 0.493 e. The zero-order valence-electron chi connectivity index (χ0n) is 13.1. The van der Waals surface area contributed by atoms with Crippen LogP contribution in [0.25, 0.3) is 0 Å². The van der Waals surface area contributed by atoms with Gasteiger partial charge in [0, 0.05) is 6.04 Å². The molecule has 0 radical (unpaired) electrons. The Bertz CT molecular complexity index is 490. The lowest BCUT2D eigenvalue weighted by Gasteiger charge is -2.32. The number of hydrogen-bond donors (Lipinski definition) is 1. The summed E-state index contributed by atoms with van der Waals surface area (Å²) < 4.78 is 6.72. The molecule has 4 unspecified atom stereocenters. The summed E-state index contributed by atoms with van der Waals surface area (Å²) in [5.74, 6) is 3.69. The molecule has 1 aromatic carbocycles. The maximum absolute atomic E-state index is 5.64. The first-order valence-corrected chi connectivity index (χ1v) is 9.17. The normalized spacial score (nSPS) is 28.8. The van der Waals surface area contributed by atoms with Crippen LogP contribution in [0.15, 0.2) is 22.7 Å². The second-order valence-corrected chi connectivity index (χ2v) is 7.35. The quantitative estimate of drug-likeness (QED) is 0.783. The lowest BCUT2D eigenvalue weighted by molar-refractivity contribution is 0.253. The van der Waals surface area contributed by atoms with E-state index in [4.69, 9.17) is 4.74 Å². The first-order valence-electron chi connectivity index (χ1n) is 8.38. The summed E-state index contributed by atoms with van der Waals surface area (Å²) in [4.78, 5) is 0. The van der Waals surface area contributed by atoms with Gasteiger partial charge in [-0.3, -0.25) is 0 Å². The third-order valence-electron chi connectivity index (χ3n) is 5.26. The highest BCUT2D eigenvalue weighted by molar-refractivity contribution is 9.10. The van der Waals surface area contributed by atoms with Gasteiger partial charge in [0.1, 0.15) is 5.75 Å². The Morgan fingerprint density at radius 2 is 2.14 bits per heavy atom. The molecule has 0 spiro atoms. The molecule has 2 saturated carbocycles. The first-order chi connectivity index (χ1) is 10.2. The summed E-state index contributed by atoms with van der Waals surface area (Å²) in [5.41, 5.74) is 1.41. The van der Waals surface area contributed by atoms with E-state index >= 15 is 0 Å². The third kappa shape index (κ3) is 3.14. The van der Waals surface area contributed by atoms with E-state index in [2.05, 4.69) is 46.4 Å². The minimum absolute atomic E-state index is 0.497. The maximum atomic E-state index is 5.64. The molecule has 116 valence electrons. The minimum Gasteiger partial charge on any atom is -0.493 e. The van der Waals surface area contributed by atoms with Crippen LogP contribution in [-0.2, 0) is 0 Å². The standard InChI is InChI=1S/C18H26BrNO/c1-3-20-18(15-10-12-5-6-13(15)9-12)14-7-8-17(21-4-2)16(19)11-14/h7-8,11-13,15,18,20H,3-6,9-10H2,1-2H3. The Kier molecular flexibility index (Phi) is 4.90. The Hall–Kier alpha value is -0.540. The topological polar surface area (TPSA) is 21.3 Å². The van der Waals surface area contributed by atoms with E-state index in [9.17, 15) is 0 Å². The van der Waals surface area contributed by atoms with E-state index in [1.54, 1.807) is 0 Å². The summed E-state index contributed by atoms with van der Waals surface area (Å²) in [6, 6.07) is 7.11. The zero-order valence-corrected chi connectivity index (χ0v) is 14.7. The monoisotopic (exact) mass is 351 g/mol. The van der Waals surface area contributed by atoms with Crippen molar-refractivity contribution in [3.63, 3.8) is 0 Å². The van der Waals surface area contributed by atoms with Crippen molar-refractivity contribution in [3.05, 3.63) is 28.2 Å². The van der Waals surface area contributed by atoms with Crippen molar-refractivity contribution in [2.24, 2.45) is 17.8 Å². The summed E-state index contributed by atoms with van der Waals surface area (Å²) in [6.45, 7) is 5.98. The van der Waals surface area contributed by atoms with Crippen LogP contribution in [0, 0.1) is 17.8 Å². The van der Waals surface area contributed by atoms with Crippen molar-refractivity contribution >= 4 is 15.9 Å². The van der Waals surface area contributed by atoms with Gasteiger partial charge >= 0.3 is 0 Å². The zero-order chi connectivity index (χ0) is 14.8. The van der Waals surface area contributed by atoms with Gasteiger partial charge in [0.15, 0.2) is 0 Å². The van der Waals surface area contributed by atoms with Gasteiger partial charge in [0.2, 0.25) is 0 Å². The molecule has 2 bridgehead atoms. The van der Waals surface area contributed by atoms with Crippen molar-refractivity contribution < 1.29 is 4.74 Å². The van der Waals surface area contributed by atoms with Crippen LogP contribution < -0.4 is 10.1 Å². The average molecular weight is 352 g/mol. The molecule has 2 aliphatic carbocycles. The molecule has 0 heterocycles. The van der Waals surface area contributed by atoms with Gasteiger partial charge in [-0.25, -0.2) is 0 Å². The second-order valence-electron chi connectivity index (χ2n) is 6.50. The molecule has 2 fully saturated rings. The van der Waals surface area contributed by atoms with Crippen LogP contribution in [0.1, 0.15) is 51.1 Å². The fourth-order valence-electron chi connectivity index (χ4n) is 4.42. The minimum atomic E-state index is 0.497. The first kappa shape index (κ1) is 15.4. The van der Waals surface area contributed by atoms with Gasteiger partial charge in [-0.15, -0.1) is 0 Å². The van der Waals surface area contributed by atoms with Crippen LogP contribution in [0.3, 0.4) is 0 Å². The van der Waals surface area contributed by atoms with Crippen LogP contribution in [0.4, 0.5) is 0 Å². The molecule has 0 saturated heterocycles. The Morgan fingerprint density at radius 1 is 1.29 bits per heavy atom. The van der Waals surface area contributed by atoms with Gasteiger partial charge in [-0.2, -0.15) is 0 Å². The maximum Gasteiger partial charge on any atom is 0.133 e. The highest BCUT2D eigenvalue weighted by Gasteiger charge is 2.43. The number of fused-ring (bicyclic) bond motifs is 2. The van der Waals surface area contributed by atoms with Crippen LogP contribution in [0.2, 0.25) is 0 Å². The van der Waals surface area contributed by atoms with Crippen molar-refractivity contribution in [2.45, 2.75) is 45.6 Å². The molecule has 4 atom stereocenters. The van der Waals surface area contributed by atoms with E-state index in [0.29, 0.717) is 12.6 Å². The molecular formula is C18H26BrNO. The van der Waals surface area contributed by atoms with Crippen molar-refractivity contribution in [1.82, 2.24) is 5.32 Å². The summed E-state index contributed by atoms with van der Waals surface area (Å²) >= 11 is 3.66. The molecular weight excluding hydrogens is 326 g/mol. The highest BCUT2D eigenvalue weighted by Crippen LogP contribution is 2.52. The molecule has 0 aliphatic heterocycles. The SMILES string of the molecule is CCNC(c1ccc(OCC)c(Br)c1)C1CC2CCC1C2. The van der Waals surface area contributed by atoms with E-state index in [-0.39, 0.29) is 0 Å². The summed E-state index contributed by atoms with van der Waals surface area (Å²) in [7, 11) is 0. The van der Waals surface area contributed by atoms with Crippen LogP contribution >= 0.6 is 15.9 Å². The van der Waals surface area contributed by atoms with Crippen LogP contribution in [0.5, 0.6) is 5.75 Å². The molecule has 0 aromatic heterocycles. The number of hydrogen-bond acceptors (Lipinski definition) is 2. The molecule has 21 heavy (non-hydrogen) atoms. The lowest BCUT2D eigenvalue weighted by atomic mass is 9.80. The van der Waals surface area contributed by atoms with Gasteiger partial charge in [0.25, 0.3) is 0 Å². The number of rotatable bonds is 6. The second kappa shape index (κ2) is 6.70. The smallest absolute Gasteiger partial charge is 0.133 e. The lowest BCUT2D eigenvalue weighted by Crippen LogP contribution is -2.31. The number of ether oxygens (including phenoxy) is 1. The number of nitrogens with one attached hydrogen (secondary N) is 1. The van der Waals surface area contributed by atoms with E-state index in [0.717, 1.165) is 34.5 Å². The van der Waals surface area contributed by atoms with E-state index in [1.165, 1.54) is 31.2 Å². The van der Waals surface area contributed by atoms with Crippen molar-refractivity contribution in [3.8, 4) is 5.75 Å². The van der Waals surface area contributed by atoms with Gasteiger partial charge in [0.05, 0.1) is 11.1 Å². The fourth-order valence-corrected chi connectivity index (χ4v) is 4.93. The van der Waals surface area contributed by atoms with E-state index < -0.39 is 0 Å². The Morgan fingerprint density at radius 3 is 2.71 bits per heavy atom. The van der Waals surface area contributed by atoms with Gasteiger partial charge in [-0.1, -0.05) is 19.4 Å². The molecule has 0 amide bonds. The summed E-state index contributed by atoms with van der Waals surface area (Å²) in [5, 5.41) is 3.74. The Balaban J connectivity index is 1.82. The van der Waals surface area contributed by atoms with Gasteiger partial charge < -0.3 is 10.1 Å². The molecule has 1 N–H and O–H groups in total. The van der Waals surface area contributed by atoms with Crippen molar-refractivity contribution in [1.29, 1.82) is 0 Å². The molecule has 2 aliphatic rings. The van der Waals surface area contributed by atoms with Crippen LogP contribution in [-0.4, -0.2) is 13.2 Å². The molecule has 3 heteroatoms. The average Bonchev–Trinajstić information content (AvgIpc) is 3.10. The predicted octanol–water partition coefficient (Wildman–Crippen LogP) is 4.93. The molecule has 3 rings (SSSR count). The Labute approximate surface area is 136 Å². The van der Waals surface area contributed by atoms with Crippen molar-refractivity contribution in [2.75, 3.05) is 13.2 Å². The third-order valence-corrected chi connectivity index (χ3v) is 5.88. The van der Waals surface area contributed by atoms with E-state index in [1.807, 2.05) is 6.92 Å². The molecule has 1 aromatic rings. The number of halogens is 1. The number of benzene rings is 1.